The van der Waals surface area contributed by atoms with E-state index in [0.29, 0.717) is 13.0 Å². The molecule has 0 atom stereocenters. The first-order valence-electron chi connectivity index (χ1n) is 5.33. The number of anilines is 1. The second-order valence-corrected chi connectivity index (χ2v) is 3.95. The van der Waals surface area contributed by atoms with E-state index in [-0.39, 0.29) is 5.91 Å². The lowest BCUT2D eigenvalue weighted by atomic mass is 9.98. The molecule has 1 heterocycles. The monoisotopic (exact) mass is 220 g/mol. The molecule has 0 fully saturated rings. The first-order valence-corrected chi connectivity index (χ1v) is 5.33. The SMILES string of the molecule is COc1cc2c(cc1CN)CCC(=O)N2C. The summed E-state index contributed by atoms with van der Waals surface area (Å²) in [6.45, 7) is 0.452. The molecule has 1 aromatic rings. The average molecular weight is 220 g/mol. The summed E-state index contributed by atoms with van der Waals surface area (Å²) in [5.41, 5.74) is 8.76. The van der Waals surface area contributed by atoms with E-state index in [1.807, 2.05) is 12.1 Å². The first kappa shape index (κ1) is 11.0. The zero-order chi connectivity index (χ0) is 11.7. The number of amides is 1. The topological polar surface area (TPSA) is 55.6 Å². The minimum atomic E-state index is 0.148. The zero-order valence-electron chi connectivity index (χ0n) is 9.62. The number of nitrogens with zero attached hydrogens (tertiary/aromatic N) is 1. The van der Waals surface area contributed by atoms with Crippen molar-refractivity contribution in [3.63, 3.8) is 0 Å². The van der Waals surface area contributed by atoms with Crippen LogP contribution >= 0.6 is 0 Å². The van der Waals surface area contributed by atoms with E-state index < -0.39 is 0 Å². The van der Waals surface area contributed by atoms with Crippen LogP contribution < -0.4 is 15.4 Å². The van der Waals surface area contributed by atoms with Crippen molar-refractivity contribution in [3.8, 4) is 5.75 Å². The molecule has 0 unspecified atom stereocenters. The summed E-state index contributed by atoms with van der Waals surface area (Å²) < 4.78 is 5.27. The molecule has 2 N–H and O–H groups in total. The molecule has 4 nitrogen and oxygen atoms in total. The van der Waals surface area contributed by atoms with E-state index in [9.17, 15) is 4.79 Å². The van der Waals surface area contributed by atoms with Crippen molar-refractivity contribution < 1.29 is 9.53 Å². The molecule has 0 aromatic heterocycles. The molecule has 0 spiro atoms. The Hall–Kier alpha value is -1.55. The molecule has 1 aromatic carbocycles. The Balaban J connectivity index is 2.52. The Labute approximate surface area is 95.0 Å². The van der Waals surface area contributed by atoms with Crippen LogP contribution in [0.5, 0.6) is 5.75 Å². The second-order valence-electron chi connectivity index (χ2n) is 3.95. The molecule has 86 valence electrons. The van der Waals surface area contributed by atoms with Crippen molar-refractivity contribution in [2.45, 2.75) is 19.4 Å². The molecule has 0 saturated carbocycles. The van der Waals surface area contributed by atoms with Crippen LogP contribution in [0.15, 0.2) is 12.1 Å². The van der Waals surface area contributed by atoms with Gasteiger partial charge >= 0.3 is 0 Å². The Morgan fingerprint density at radius 3 is 2.81 bits per heavy atom. The van der Waals surface area contributed by atoms with E-state index in [1.54, 1.807) is 19.1 Å². The third kappa shape index (κ3) is 1.65. The highest BCUT2D eigenvalue weighted by molar-refractivity contribution is 5.96. The van der Waals surface area contributed by atoms with Gasteiger partial charge in [0.25, 0.3) is 0 Å². The highest BCUT2D eigenvalue weighted by atomic mass is 16.5. The number of hydrogen-bond donors (Lipinski definition) is 1. The summed E-state index contributed by atoms with van der Waals surface area (Å²) in [6, 6.07) is 3.94. The number of aryl methyl sites for hydroxylation is 1. The van der Waals surface area contributed by atoms with Gasteiger partial charge < -0.3 is 15.4 Å². The lowest BCUT2D eigenvalue weighted by Gasteiger charge is -2.27. The Morgan fingerprint density at radius 1 is 1.44 bits per heavy atom. The van der Waals surface area contributed by atoms with Crippen LogP contribution in [-0.2, 0) is 17.8 Å². The van der Waals surface area contributed by atoms with Crippen LogP contribution in [0.4, 0.5) is 5.69 Å². The van der Waals surface area contributed by atoms with Crippen molar-refractivity contribution in [1.82, 2.24) is 0 Å². The van der Waals surface area contributed by atoms with E-state index >= 15 is 0 Å². The fourth-order valence-corrected chi connectivity index (χ4v) is 2.07. The van der Waals surface area contributed by atoms with E-state index in [1.165, 1.54) is 5.56 Å². The van der Waals surface area contributed by atoms with Gasteiger partial charge in [-0.1, -0.05) is 0 Å². The number of hydrogen-bond acceptors (Lipinski definition) is 3. The number of rotatable bonds is 2. The standard InChI is InChI=1S/C12H16N2O2/c1-14-10-6-11(16-2)9(7-13)5-8(10)3-4-12(14)15/h5-6H,3-4,7,13H2,1-2H3. The molecule has 16 heavy (non-hydrogen) atoms. The van der Waals surface area contributed by atoms with Gasteiger partial charge in [-0.25, -0.2) is 0 Å². The maximum atomic E-state index is 11.6. The quantitative estimate of drug-likeness (QED) is 0.811. The average Bonchev–Trinajstić information content (AvgIpc) is 2.32. The third-order valence-electron chi connectivity index (χ3n) is 3.05. The molecule has 0 aliphatic carbocycles. The number of carbonyl (C=O) groups is 1. The van der Waals surface area contributed by atoms with Crippen molar-refractivity contribution in [1.29, 1.82) is 0 Å². The molecule has 1 aliphatic heterocycles. The van der Waals surface area contributed by atoms with Gasteiger partial charge in [0.2, 0.25) is 5.91 Å². The number of benzene rings is 1. The third-order valence-corrected chi connectivity index (χ3v) is 3.05. The Kier molecular flexibility index (Phi) is 2.83. The van der Waals surface area contributed by atoms with E-state index in [4.69, 9.17) is 10.5 Å². The number of carbonyl (C=O) groups excluding carboxylic acids is 1. The number of fused-ring (bicyclic) bond motifs is 1. The Morgan fingerprint density at radius 2 is 2.19 bits per heavy atom. The lowest BCUT2D eigenvalue weighted by Crippen LogP contribution is -2.31. The van der Waals surface area contributed by atoms with E-state index in [0.717, 1.165) is 23.4 Å². The summed E-state index contributed by atoms with van der Waals surface area (Å²) in [6.07, 6.45) is 1.36. The van der Waals surface area contributed by atoms with Gasteiger partial charge in [-0.2, -0.15) is 0 Å². The largest absolute Gasteiger partial charge is 0.496 e. The summed E-state index contributed by atoms with van der Waals surface area (Å²) in [5.74, 6) is 0.901. The van der Waals surface area contributed by atoms with Crippen LogP contribution in [0.1, 0.15) is 17.5 Å². The zero-order valence-corrected chi connectivity index (χ0v) is 9.62. The molecule has 0 saturated heterocycles. The van der Waals surface area contributed by atoms with Gasteiger partial charge in [-0.05, 0) is 18.1 Å². The highest BCUT2D eigenvalue weighted by Crippen LogP contribution is 2.33. The molecular weight excluding hydrogens is 204 g/mol. The van der Waals surface area contributed by atoms with Gasteiger partial charge in [-0.3, -0.25) is 4.79 Å². The van der Waals surface area contributed by atoms with Crippen LogP contribution in [0.3, 0.4) is 0 Å². The van der Waals surface area contributed by atoms with Gasteiger partial charge in [0.15, 0.2) is 0 Å². The summed E-state index contributed by atoms with van der Waals surface area (Å²) in [4.78, 5) is 13.3. The minimum absolute atomic E-state index is 0.148. The normalized spacial score (nSPS) is 14.9. The van der Waals surface area contributed by atoms with Crippen molar-refractivity contribution in [2.75, 3.05) is 19.1 Å². The number of methoxy groups -OCH3 is 1. The van der Waals surface area contributed by atoms with Crippen molar-refractivity contribution in [2.24, 2.45) is 5.73 Å². The maximum absolute atomic E-state index is 11.6. The van der Waals surface area contributed by atoms with Crippen LogP contribution in [-0.4, -0.2) is 20.1 Å². The van der Waals surface area contributed by atoms with Crippen molar-refractivity contribution in [3.05, 3.63) is 23.3 Å². The van der Waals surface area contributed by atoms with Gasteiger partial charge in [0.05, 0.1) is 12.8 Å². The van der Waals surface area contributed by atoms with Crippen LogP contribution in [0.25, 0.3) is 0 Å². The minimum Gasteiger partial charge on any atom is -0.496 e. The van der Waals surface area contributed by atoms with Crippen LogP contribution in [0, 0.1) is 0 Å². The Bertz CT molecular complexity index is 429. The maximum Gasteiger partial charge on any atom is 0.227 e. The van der Waals surface area contributed by atoms with Crippen LogP contribution in [0.2, 0.25) is 0 Å². The predicted molar refractivity (Wildman–Crippen MR) is 62.6 cm³/mol. The van der Waals surface area contributed by atoms with Gasteiger partial charge in [0, 0.05) is 31.6 Å². The fourth-order valence-electron chi connectivity index (χ4n) is 2.07. The molecule has 0 radical (unpaired) electrons. The molecule has 4 heteroatoms. The molecule has 2 rings (SSSR count). The molecule has 0 bridgehead atoms. The van der Waals surface area contributed by atoms with E-state index in [2.05, 4.69) is 0 Å². The smallest absolute Gasteiger partial charge is 0.227 e. The first-order chi connectivity index (χ1) is 7.67. The number of ether oxygens (including phenoxy) is 1. The number of nitrogens with two attached hydrogens (primary N) is 1. The lowest BCUT2D eigenvalue weighted by molar-refractivity contribution is -0.118. The summed E-state index contributed by atoms with van der Waals surface area (Å²) >= 11 is 0. The summed E-state index contributed by atoms with van der Waals surface area (Å²) in [7, 11) is 3.41. The second kappa shape index (κ2) is 4.14. The predicted octanol–water partition coefficient (Wildman–Crippen LogP) is 1.06. The fraction of sp³-hybridized carbons (Fsp3) is 0.417. The summed E-state index contributed by atoms with van der Waals surface area (Å²) in [5, 5.41) is 0. The highest BCUT2D eigenvalue weighted by Gasteiger charge is 2.22. The molecule has 1 aliphatic rings. The molecular formula is C12H16N2O2. The molecule has 1 amide bonds. The van der Waals surface area contributed by atoms with Gasteiger partial charge in [0.1, 0.15) is 5.75 Å². The van der Waals surface area contributed by atoms with Crippen molar-refractivity contribution >= 4 is 11.6 Å². The van der Waals surface area contributed by atoms with Gasteiger partial charge in [-0.15, -0.1) is 0 Å².